The zero-order valence-corrected chi connectivity index (χ0v) is 10.6. The number of nitrogens with two attached hydrogens (primary N) is 1. The van der Waals surface area contributed by atoms with E-state index in [1.807, 2.05) is 0 Å². The second-order valence-electron chi connectivity index (χ2n) is 4.30. The number of nitrogens with one attached hydrogen (secondary N) is 1. The van der Waals surface area contributed by atoms with Gasteiger partial charge in [0.1, 0.15) is 17.1 Å². The maximum atomic E-state index is 13.7. The van der Waals surface area contributed by atoms with E-state index in [0.717, 1.165) is 6.07 Å². The van der Waals surface area contributed by atoms with Crippen molar-refractivity contribution in [2.75, 3.05) is 12.8 Å². The van der Waals surface area contributed by atoms with Gasteiger partial charge in [-0.05, 0) is 30.3 Å². The number of H-pyrrole nitrogens is 1. The fourth-order valence-electron chi connectivity index (χ4n) is 2.01. The van der Waals surface area contributed by atoms with Crippen LogP contribution in [-0.4, -0.2) is 17.1 Å². The lowest BCUT2D eigenvalue weighted by Gasteiger charge is -2.05. The molecule has 0 aliphatic heterocycles. The Hall–Kier alpha value is -2.63. The topological polar surface area (TPSA) is 63.9 Å². The molecule has 0 aliphatic rings. The number of halogens is 2. The van der Waals surface area contributed by atoms with Crippen LogP contribution in [0.25, 0.3) is 22.4 Å². The third-order valence-corrected chi connectivity index (χ3v) is 3.06. The van der Waals surface area contributed by atoms with Crippen molar-refractivity contribution in [1.82, 2.24) is 9.97 Å². The number of ether oxygens (including phenoxy) is 1. The molecule has 2 aromatic carbocycles. The van der Waals surface area contributed by atoms with Crippen LogP contribution < -0.4 is 10.5 Å². The molecule has 0 aliphatic carbocycles. The summed E-state index contributed by atoms with van der Waals surface area (Å²) in [5.74, 6) is -0.956. The standard InChI is InChI=1S/C14H11F2N3O/c1-20-7-2-4-10(17)8(6-7)14-18-11-5-3-9(15)12(16)13(11)19-14/h2-6H,17H2,1H3,(H,18,19). The van der Waals surface area contributed by atoms with Crippen LogP contribution in [0.1, 0.15) is 0 Å². The van der Waals surface area contributed by atoms with Gasteiger partial charge in [0.05, 0.1) is 12.6 Å². The van der Waals surface area contributed by atoms with Gasteiger partial charge in [-0.25, -0.2) is 13.8 Å². The van der Waals surface area contributed by atoms with Crippen molar-refractivity contribution in [3.8, 4) is 17.1 Å². The van der Waals surface area contributed by atoms with E-state index in [1.165, 1.54) is 13.2 Å². The summed E-state index contributed by atoms with van der Waals surface area (Å²) in [5.41, 5.74) is 7.27. The molecular weight excluding hydrogens is 264 g/mol. The van der Waals surface area contributed by atoms with Crippen LogP contribution >= 0.6 is 0 Å². The number of aromatic nitrogens is 2. The molecule has 4 nitrogen and oxygen atoms in total. The number of aromatic amines is 1. The molecule has 102 valence electrons. The number of anilines is 1. The average molecular weight is 275 g/mol. The lowest BCUT2D eigenvalue weighted by atomic mass is 10.1. The molecule has 1 heterocycles. The first-order chi connectivity index (χ1) is 9.60. The van der Waals surface area contributed by atoms with E-state index >= 15 is 0 Å². The molecule has 0 amide bonds. The first-order valence-corrected chi connectivity index (χ1v) is 5.87. The third kappa shape index (κ3) is 1.85. The van der Waals surface area contributed by atoms with Gasteiger partial charge >= 0.3 is 0 Å². The minimum atomic E-state index is -0.980. The first-order valence-electron chi connectivity index (χ1n) is 5.87. The number of hydrogen-bond acceptors (Lipinski definition) is 3. The van der Waals surface area contributed by atoms with E-state index in [2.05, 4.69) is 9.97 Å². The van der Waals surface area contributed by atoms with Gasteiger partial charge in [-0.3, -0.25) is 0 Å². The van der Waals surface area contributed by atoms with E-state index < -0.39 is 11.6 Å². The second kappa shape index (κ2) is 4.48. The Kier molecular flexibility index (Phi) is 2.78. The Labute approximate surface area is 113 Å². The lowest BCUT2D eigenvalue weighted by molar-refractivity contribution is 0.415. The Morgan fingerprint density at radius 2 is 2.00 bits per heavy atom. The van der Waals surface area contributed by atoms with Crippen LogP contribution in [0.2, 0.25) is 0 Å². The molecule has 0 radical (unpaired) electrons. The molecular formula is C14H11F2N3O. The highest BCUT2D eigenvalue weighted by molar-refractivity contribution is 5.83. The maximum absolute atomic E-state index is 13.7. The summed E-state index contributed by atoms with van der Waals surface area (Å²) in [5, 5.41) is 0. The zero-order valence-electron chi connectivity index (χ0n) is 10.6. The van der Waals surface area contributed by atoms with Crippen molar-refractivity contribution >= 4 is 16.7 Å². The van der Waals surface area contributed by atoms with Crippen LogP contribution in [0, 0.1) is 11.6 Å². The zero-order chi connectivity index (χ0) is 14.3. The highest BCUT2D eigenvalue weighted by Gasteiger charge is 2.14. The number of rotatable bonds is 2. The predicted molar refractivity (Wildman–Crippen MR) is 72.4 cm³/mol. The normalized spacial score (nSPS) is 10.9. The van der Waals surface area contributed by atoms with Gasteiger partial charge in [-0.1, -0.05) is 0 Å². The van der Waals surface area contributed by atoms with Crippen LogP contribution in [-0.2, 0) is 0 Å². The van der Waals surface area contributed by atoms with Crippen LogP contribution in [0.5, 0.6) is 5.75 Å². The largest absolute Gasteiger partial charge is 0.497 e. The number of nitrogen functional groups attached to an aromatic ring is 1. The summed E-state index contributed by atoms with van der Waals surface area (Å²) in [6.45, 7) is 0. The molecule has 0 bridgehead atoms. The van der Waals surface area contributed by atoms with Gasteiger partial charge < -0.3 is 15.5 Å². The quantitative estimate of drug-likeness (QED) is 0.706. The number of benzene rings is 2. The van der Waals surface area contributed by atoms with Crippen molar-refractivity contribution in [3.05, 3.63) is 42.0 Å². The van der Waals surface area contributed by atoms with E-state index in [-0.39, 0.29) is 5.52 Å². The second-order valence-corrected chi connectivity index (χ2v) is 4.30. The summed E-state index contributed by atoms with van der Waals surface area (Å²) in [7, 11) is 1.53. The fraction of sp³-hybridized carbons (Fsp3) is 0.0714. The highest BCUT2D eigenvalue weighted by Crippen LogP contribution is 2.30. The molecule has 0 atom stereocenters. The summed E-state index contributed by atoms with van der Waals surface area (Å²) in [6, 6.07) is 7.54. The molecule has 3 aromatic rings. The minimum absolute atomic E-state index is 0.0535. The van der Waals surface area contributed by atoms with E-state index in [1.54, 1.807) is 18.2 Å². The predicted octanol–water partition coefficient (Wildman–Crippen LogP) is 3.10. The van der Waals surface area contributed by atoms with Gasteiger partial charge in [0.2, 0.25) is 0 Å². The molecule has 0 fully saturated rings. The molecule has 0 unspecified atom stereocenters. The molecule has 0 saturated heterocycles. The van der Waals surface area contributed by atoms with Crippen molar-refractivity contribution in [2.45, 2.75) is 0 Å². The highest BCUT2D eigenvalue weighted by atomic mass is 19.2. The number of nitrogens with zero attached hydrogens (tertiary/aromatic N) is 1. The van der Waals surface area contributed by atoms with Crippen molar-refractivity contribution in [1.29, 1.82) is 0 Å². The Bertz CT molecular complexity index is 798. The third-order valence-electron chi connectivity index (χ3n) is 3.06. The van der Waals surface area contributed by atoms with Gasteiger partial charge in [0.25, 0.3) is 0 Å². The molecule has 0 spiro atoms. The summed E-state index contributed by atoms with van der Waals surface area (Å²) >= 11 is 0. The van der Waals surface area contributed by atoms with Gasteiger partial charge in [0.15, 0.2) is 11.6 Å². The molecule has 3 N–H and O–H groups in total. The Morgan fingerprint density at radius 1 is 1.20 bits per heavy atom. The van der Waals surface area contributed by atoms with Crippen molar-refractivity contribution in [3.63, 3.8) is 0 Å². The van der Waals surface area contributed by atoms with Crippen LogP contribution in [0.4, 0.5) is 14.5 Å². The van der Waals surface area contributed by atoms with Crippen LogP contribution in [0.15, 0.2) is 30.3 Å². The Balaban J connectivity index is 2.22. The van der Waals surface area contributed by atoms with Gasteiger partial charge in [-0.2, -0.15) is 0 Å². The maximum Gasteiger partial charge on any atom is 0.186 e. The number of fused-ring (bicyclic) bond motifs is 1. The fourth-order valence-corrected chi connectivity index (χ4v) is 2.01. The summed E-state index contributed by atoms with van der Waals surface area (Å²) in [6.07, 6.45) is 0. The van der Waals surface area contributed by atoms with E-state index in [0.29, 0.717) is 28.3 Å². The smallest absolute Gasteiger partial charge is 0.186 e. The van der Waals surface area contributed by atoms with Crippen molar-refractivity contribution in [2.24, 2.45) is 0 Å². The van der Waals surface area contributed by atoms with E-state index in [9.17, 15) is 8.78 Å². The average Bonchev–Trinajstić information content (AvgIpc) is 2.88. The van der Waals surface area contributed by atoms with Gasteiger partial charge in [-0.15, -0.1) is 0 Å². The Morgan fingerprint density at radius 3 is 2.75 bits per heavy atom. The number of imidazole rings is 1. The summed E-state index contributed by atoms with van der Waals surface area (Å²) in [4.78, 5) is 6.99. The summed E-state index contributed by atoms with van der Waals surface area (Å²) < 4.78 is 32.0. The monoisotopic (exact) mass is 275 g/mol. The molecule has 1 aromatic heterocycles. The molecule has 0 saturated carbocycles. The van der Waals surface area contributed by atoms with Crippen molar-refractivity contribution < 1.29 is 13.5 Å². The van der Waals surface area contributed by atoms with E-state index in [4.69, 9.17) is 10.5 Å². The molecule has 20 heavy (non-hydrogen) atoms. The number of hydrogen-bond donors (Lipinski definition) is 2. The molecule has 6 heteroatoms. The minimum Gasteiger partial charge on any atom is -0.497 e. The molecule has 3 rings (SSSR count). The lowest BCUT2D eigenvalue weighted by Crippen LogP contribution is -1.93. The SMILES string of the molecule is COc1ccc(N)c(-c2nc3c(F)c(F)ccc3[nH]2)c1. The van der Waals surface area contributed by atoms with Gasteiger partial charge in [0, 0.05) is 11.3 Å². The first kappa shape index (κ1) is 12.4. The van der Waals surface area contributed by atoms with Crippen LogP contribution in [0.3, 0.4) is 0 Å². The number of methoxy groups -OCH3 is 1.